The molecule has 0 aliphatic rings. The Bertz CT molecular complexity index is 890. The minimum atomic E-state index is -0.172. The van der Waals surface area contributed by atoms with Gasteiger partial charge in [-0.3, -0.25) is 14.6 Å². The molecule has 1 heterocycles. The third kappa shape index (κ3) is 4.29. The number of nitrogens with one attached hydrogen (secondary N) is 1. The fraction of sp³-hybridized carbons (Fsp3) is 0.0500. The van der Waals surface area contributed by atoms with Crippen LogP contribution < -0.4 is 10.1 Å². The van der Waals surface area contributed by atoms with Crippen LogP contribution in [0.3, 0.4) is 0 Å². The zero-order valence-electron chi connectivity index (χ0n) is 13.6. The van der Waals surface area contributed by atoms with E-state index in [4.69, 9.17) is 4.74 Å². The fourth-order valence-corrected chi connectivity index (χ4v) is 2.20. The summed E-state index contributed by atoms with van der Waals surface area (Å²) in [5, 5.41) is 2.82. The summed E-state index contributed by atoms with van der Waals surface area (Å²) in [5.41, 5.74) is 1.61. The molecule has 3 aromatic rings. The van der Waals surface area contributed by atoms with E-state index in [1.54, 1.807) is 48.5 Å². The SMILES string of the molecule is CC(=O)c1cc(Oc2ccc(NC(=O)c3ccccc3)cc2)ccn1. The lowest BCUT2D eigenvalue weighted by Crippen LogP contribution is -2.11. The van der Waals surface area contributed by atoms with Crippen molar-refractivity contribution in [1.29, 1.82) is 0 Å². The number of anilines is 1. The second-order valence-corrected chi connectivity index (χ2v) is 5.38. The molecule has 0 unspecified atom stereocenters. The molecular weight excluding hydrogens is 316 g/mol. The zero-order valence-corrected chi connectivity index (χ0v) is 13.6. The van der Waals surface area contributed by atoms with Crippen LogP contribution in [0.4, 0.5) is 5.69 Å². The highest BCUT2D eigenvalue weighted by atomic mass is 16.5. The van der Waals surface area contributed by atoms with E-state index in [9.17, 15) is 9.59 Å². The Balaban J connectivity index is 1.67. The first-order chi connectivity index (χ1) is 12.1. The molecule has 5 nitrogen and oxygen atoms in total. The van der Waals surface area contributed by atoms with Crippen LogP contribution in [0, 0.1) is 0 Å². The van der Waals surface area contributed by atoms with E-state index in [0.717, 1.165) is 0 Å². The smallest absolute Gasteiger partial charge is 0.255 e. The van der Waals surface area contributed by atoms with Gasteiger partial charge in [0.15, 0.2) is 5.78 Å². The van der Waals surface area contributed by atoms with Gasteiger partial charge in [0.05, 0.1) is 0 Å². The maximum atomic E-state index is 12.1. The van der Waals surface area contributed by atoms with E-state index >= 15 is 0 Å². The number of carbonyl (C=O) groups is 2. The molecule has 1 aromatic heterocycles. The molecule has 0 radical (unpaired) electrons. The van der Waals surface area contributed by atoms with E-state index in [2.05, 4.69) is 10.3 Å². The predicted molar refractivity (Wildman–Crippen MR) is 95.2 cm³/mol. The maximum Gasteiger partial charge on any atom is 0.255 e. The Morgan fingerprint density at radius 2 is 1.64 bits per heavy atom. The Morgan fingerprint density at radius 1 is 0.920 bits per heavy atom. The predicted octanol–water partition coefficient (Wildman–Crippen LogP) is 4.33. The van der Waals surface area contributed by atoms with Crippen LogP contribution in [-0.4, -0.2) is 16.7 Å². The van der Waals surface area contributed by atoms with E-state index < -0.39 is 0 Å². The Hall–Kier alpha value is -3.47. The molecule has 0 spiro atoms. The molecule has 0 aliphatic heterocycles. The standard InChI is InChI=1S/C20H16N2O3/c1-14(23)19-13-18(11-12-21-19)25-17-9-7-16(8-10-17)22-20(24)15-5-3-2-4-6-15/h2-13H,1H3,(H,22,24). The molecule has 3 rings (SSSR count). The maximum absolute atomic E-state index is 12.1. The van der Waals surface area contributed by atoms with Crippen molar-refractivity contribution in [3.8, 4) is 11.5 Å². The van der Waals surface area contributed by atoms with Crippen LogP contribution in [0.5, 0.6) is 11.5 Å². The average molecular weight is 332 g/mol. The highest BCUT2D eigenvalue weighted by Crippen LogP contribution is 2.23. The summed E-state index contributed by atoms with van der Waals surface area (Å²) in [7, 11) is 0. The Morgan fingerprint density at radius 3 is 2.32 bits per heavy atom. The van der Waals surface area contributed by atoms with Crippen molar-refractivity contribution in [2.75, 3.05) is 5.32 Å². The fourth-order valence-electron chi connectivity index (χ4n) is 2.20. The normalized spacial score (nSPS) is 10.1. The molecule has 2 aromatic carbocycles. The van der Waals surface area contributed by atoms with Crippen LogP contribution in [-0.2, 0) is 0 Å². The van der Waals surface area contributed by atoms with E-state index in [0.29, 0.717) is 28.4 Å². The summed E-state index contributed by atoms with van der Waals surface area (Å²) < 4.78 is 5.71. The van der Waals surface area contributed by atoms with E-state index in [1.807, 2.05) is 18.2 Å². The van der Waals surface area contributed by atoms with E-state index in [1.165, 1.54) is 13.1 Å². The van der Waals surface area contributed by atoms with Crippen molar-refractivity contribution in [1.82, 2.24) is 4.98 Å². The molecule has 0 bridgehead atoms. The molecule has 1 N–H and O–H groups in total. The third-order valence-electron chi connectivity index (χ3n) is 3.48. The number of amides is 1. The zero-order chi connectivity index (χ0) is 17.6. The number of ketones is 1. The van der Waals surface area contributed by atoms with Gasteiger partial charge in [-0.25, -0.2) is 0 Å². The van der Waals surface area contributed by atoms with Crippen LogP contribution >= 0.6 is 0 Å². The first kappa shape index (κ1) is 16.4. The number of nitrogens with zero attached hydrogens (tertiary/aromatic N) is 1. The highest BCUT2D eigenvalue weighted by molar-refractivity contribution is 6.04. The number of hydrogen-bond acceptors (Lipinski definition) is 4. The first-order valence-corrected chi connectivity index (χ1v) is 7.73. The first-order valence-electron chi connectivity index (χ1n) is 7.73. The number of Topliss-reactive ketones (excluding diaryl/α,β-unsaturated/α-hetero) is 1. The van der Waals surface area contributed by atoms with Crippen molar-refractivity contribution in [2.24, 2.45) is 0 Å². The average Bonchev–Trinajstić information content (AvgIpc) is 2.64. The number of pyridine rings is 1. The van der Waals surface area contributed by atoms with Gasteiger partial charge in [-0.1, -0.05) is 18.2 Å². The van der Waals surface area contributed by atoms with Crippen LogP contribution in [0.25, 0.3) is 0 Å². The summed E-state index contributed by atoms with van der Waals surface area (Å²) in [6, 6.07) is 19.3. The monoisotopic (exact) mass is 332 g/mol. The molecule has 0 aliphatic carbocycles. The number of benzene rings is 2. The van der Waals surface area contributed by atoms with Gasteiger partial charge < -0.3 is 10.1 Å². The van der Waals surface area contributed by atoms with Gasteiger partial charge in [-0.2, -0.15) is 0 Å². The minimum absolute atomic E-state index is 0.121. The summed E-state index contributed by atoms with van der Waals surface area (Å²) in [6.45, 7) is 1.45. The lowest BCUT2D eigenvalue weighted by atomic mass is 10.2. The van der Waals surface area contributed by atoms with Gasteiger partial charge >= 0.3 is 0 Å². The Labute approximate surface area is 145 Å². The molecule has 0 atom stereocenters. The Kier molecular flexibility index (Phi) is 4.85. The highest BCUT2D eigenvalue weighted by Gasteiger charge is 2.06. The van der Waals surface area contributed by atoms with Crippen LogP contribution in [0.1, 0.15) is 27.8 Å². The number of ether oxygens (including phenoxy) is 1. The molecule has 1 amide bonds. The molecule has 5 heteroatoms. The van der Waals surface area contributed by atoms with Crippen molar-refractivity contribution < 1.29 is 14.3 Å². The van der Waals surface area contributed by atoms with Crippen molar-refractivity contribution in [3.63, 3.8) is 0 Å². The third-order valence-corrected chi connectivity index (χ3v) is 3.48. The number of rotatable bonds is 5. The van der Waals surface area contributed by atoms with Gasteiger partial charge in [0, 0.05) is 30.4 Å². The summed E-state index contributed by atoms with van der Waals surface area (Å²) >= 11 is 0. The summed E-state index contributed by atoms with van der Waals surface area (Å²) in [6.07, 6.45) is 1.53. The quantitative estimate of drug-likeness (QED) is 0.706. The molecule has 0 saturated heterocycles. The second kappa shape index (κ2) is 7.40. The van der Waals surface area contributed by atoms with Gasteiger partial charge in [-0.15, -0.1) is 0 Å². The van der Waals surface area contributed by atoms with Gasteiger partial charge in [0.1, 0.15) is 17.2 Å². The number of hydrogen-bond donors (Lipinski definition) is 1. The summed E-state index contributed by atoms with van der Waals surface area (Å²) in [4.78, 5) is 27.4. The van der Waals surface area contributed by atoms with Crippen molar-refractivity contribution in [2.45, 2.75) is 6.92 Å². The minimum Gasteiger partial charge on any atom is -0.457 e. The lowest BCUT2D eigenvalue weighted by Gasteiger charge is -2.08. The molecule has 25 heavy (non-hydrogen) atoms. The topological polar surface area (TPSA) is 68.3 Å². The van der Waals surface area contributed by atoms with E-state index in [-0.39, 0.29) is 11.7 Å². The van der Waals surface area contributed by atoms with Gasteiger partial charge in [0.25, 0.3) is 5.91 Å². The molecule has 0 fully saturated rings. The van der Waals surface area contributed by atoms with Gasteiger partial charge in [-0.05, 0) is 42.5 Å². The second-order valence-electron chi connectivity index (χ2n) is 5.38. The molecule has 0 saturated carbocycles. The van der Waals surface area contributed by atoms with Crippen molar-refractivity contribution >= 4 is 17.4 Å². The largest absolute Gasteiger partial charge is 0.457 e. The molecular formula is C20H16N2O3. The van der Waals surface area contributed by atoms with Gasteiger partial charge in [0.2, 0.25) is 0 Å². The van der Waals surface area contributed by atoms with Crippen LogP contribution in [0.15, 0.2) is 72.9 Å². The summed E-state index contributed by atoms with van der Waals surface area (Å²) in [5.74, 6) is 0.832. The number of aromatic nitrogens is 1. The lowest BCUT2D eigenvalue weighted by molar-refractivity contribution is 0.100. The molecule has 124 valence electrons. The van der Waals surface area contributed by atoms with Crippen LogP contribution in [0.2, 0.25) is 0 Å². The number of carbonyl (C=O) groups excluding carboxylic acids is 2. The van der Waals surface area contributed by atoms with Crippen molar-refractivity contribution in [3.05, 3.63) is 84.2 Å².